The van der Waals surface area contributed by atoms with E-state index in [0.717, 1.165) is 17.9 Å². The lowest BCUT2D eigenvalue weighted by Crippen LogP contribution is -2.26. The van der Waals surface area contributed by atoms with E-state index in [1.165, 1.54) is 17.9 Å². The fraction of sp³-hybridized carbons (Fsp3) is 0.600. The lowest BCUT2D eigenvalue weighted by molar-refractivity contribution is 0.171. The third-order valence-corrected chi connectivity index (χ3v) is 4.42. The molecule has 1 heterocycles. The second-order valence-electron chi connectivity index (χ2n) is 4.87. The minimum atomic E-state index is 0.501. The number of hydrogen-bond acceptors (Lipinski definition) is 4. The molecule has 0 aliphatic carbocycles. The van der Waals surface area contributed by atoms with Gasteiger partial charge in [0.25, 0.3) is 0 Å². The molecular weight excluding hydrogens is 294 g/mol. The van der Waals surface area contributed by atoms with E-state index < -0.39 is 0 Å². The van der Waals surface area contributed by atoms with Crippen molar-refractivity contribution in [1.82, 2.24) is 5.32 Å². The fourth-order valence-electron chi connectivity index (χ4n) is 2.06. The highest BCUT2D eigenvalue weighted by atomic mass is 35.5. The van der Waals surface area contributed by atoms with E-state index in [9.17, 15) is 0 Å². The van der Waals surface area contributed by atoms with Crippen molar-refractivity contribution in [2.75, 3.05) is 24.7 Å². The number of rotatable bonds is 7. The Bertz CT molecular complexity index is 442. The zero-order valence-corrected chi connectivity index (χ0v) is 13.6. The highest BCUT2D eigenvalue weighted by Crippen LogP contribution is 2.38. The summed E-state index contributed by atoms with van der Waals surface area (Å²) in [5.41, 5.74) is 1.13. The number of fused-ring (bicyclic) bond motifs is 1. The first kappa shape index (κ1) is 15.8. The molecule has 5 heteroatoms. The van der Waals surface area contributed by atoms with E-state index in [1.807, 2.05) is 23.9 Å². The molecule has 1 aliphatic heterocycles. The van der Waals surface area contributed by atoms with Crippen LogP contribution in [0.4, 0.5) is 0 Å². The maximum Gasteiger partial charge on any atom is 0.179 e. The maximum atomic E-state index is 6.23. The summed E-state index contributed by atoms with van der Waals surface area (Å²) in [7, 11) is 0. The molecule has 3 nitrogen and oxygen atoms in total. The summed E-state index contributed by atoms with van der Waals surface area (Å²) in [4.78, 5) is 0. The molecule has 0 spiro atoms. The largest absolute Gasteiger partial charge is 0.486 e. The van der Waals surface area contributed by atoms with Crippen LogP contribution in [0.3, 0.4) is 0 Å². The lowest BCUT2D eigenvalue weighted by atomic mass is 10.1. The van der Waals surface area contributed by atoms with Gasteiger partial charge in [0, 0.05) is 12.6 Å². The SMILES string of the molecule is CCSCCC(C)NCc1cc(Cl)c2c(c1)OCCO2. The molecule has 0 fully saturated rings. The van der Waals surface area contributed by atoms with Crippen LogP contribution < -0.4 is 14.8 Å². The lowest BCUT2D eigenvalue weighted by Gasteiger charge is -2.21. The van der Waals surface area contributed by atoms with Crippen molar-refractivity contribution in [3.05, 3.63) is 22.7 Å². The van der Waals surface area contributed by atoms with Crippen LogP contribution in [-0.4, -0.2) is 30.8 Å². The van der Waals surface area contributed by atoms with Gasteiger partial charge in [-0.15, -0.1) is 0 Å². The van der Waals surface area contributed by atoms with Gasteiger partial charge >= 0.3 is 0 Å². The summed E-state index contributed by atoms with van der Waals surface area (Å²) < 4.78 is 11.1. The van der Waals surface area contributed by atoms with Crippen LogP contribution in [0.25, 0.3) is 0 Å². The van der Waals surface area contributed by atoms with Crippen molar-refractivity contribution < 1.29 is 9.47 Å². The van der Waals surface area contributed by atoms with Gasteiger partial charge < -0.3 is 14.8 Å². The van der Waals surface area contributed by atoms with Gasteiger partial charge in [-0.1, -0.05) is 18.5 Å². The molecule has 1 aliphatic rings. The smallest absolute Gasteiger partial charge is 0.179 e. The van der Waals surface area contributed by atoms with Crippen molar-refractivity contribution >= 4 is 23.4 Å². The molecule has 20 heavy (non-hydrogen) atoms. The second-order valence-corrected chi connectivity index (χ2v) is 6.67. The Kier molecular flexibility index (Phi) is 6.33. The van der Waals surface area contributed by atoms with Gasteiger partial charge in [-0.2, -0.15) is 11.8 Å². The molecule has 1 atom stereocenters. The van der Waals surface area contributed by atoms with Crippen LogP contribution >= 0.6 is 23.4 Å². The molecule has 1 N–H and O–H groups in total. The standard InChI is InChI=1S/C15H22ClNO2S/c1-3-20-7-4-11(2)17-10-12-8-13(16)15-14(9-12)18-5-6-19-15/h8-9,11,17H,3-7,10H2,1-2H3. The summed E-state index contributed by atoms with van der Waals surface area (Å²) in [6.07, 6.45) is 1.18. The Hall–Kier alpha value is -0.580. The van der Waals surface area contributed by atoms with Gasteiger partial charge in [0.1, 0.15) is 13.2 Å². The summed E-state index contributed by atoms with van der Waals surface area (Å²) in [5.74, 6) is 3.82. The van der Waals surface area contributed by atoms with Crippen molar-refractivity contribution in [3.8, 4) is 11.5 Å². The molecule has 0 saturated carbocycles. The first-order chi connectivity index (χ1) is 9.70. The molecule has 0 bridgehead atoms. The van der Waals surface area contributed by atoms with Gasteiger partial charge in [0.05, 0.1) is 5.02 Å². The Labute approximate surface area is 130 Å². The van der Waals surface area contributed by atoms with E-state index >= 15 is 0 Å². The average molecular weight is 316 g/mol. The maximum absolute atomic E-state index is 6.23. The topological polar surface area (TPSA) is 30.5 Å². The van der Waals surface area contributed by atoms with Gasteiger partial charge in [0.15, 0.2) is 11.5 Å². The van der Waals surface area contributed by atoms with Gasteiger partial charge in [0.2, 0.25) is 0 Å². The number of ether oxygens (including phenoxy) is 2. The van der Waals surface area contributed by atoms with E-state index in [2.05, 4.69) is 19.2 Å². The molecule has 0 amide bonds. The first-order valence-electron chi connectivity index (χ1n) is 7.10. The molecule has 0 aromatic heterocycles. The Balaban J connectivity index is 1.88. The Morgan fingerprint density at radius 3 is 2.95 bits per heavy atom. The number of nitrogens with one attached hydrogen (secondary N) is 1. The molecule has 112 valence electrons. The third-order valence-electron chi connectivity index (χ3n) is 3.21. The predicted molar refractivity (Wildman–Crippen MR) is 86.4 cm³/mol. The molecule has 1 aromatic carbocycles. The van der Waals surface area contributed by atoms with E-state index in [-0.39, 0.29) is 0 Å². The molecule has 1 unspecified atom stereocenters. The fourth-order valence-corrected chi connectivity index (χ4v) is 3.16. The molecule has 0 saturated heterocycles. The van der Waals surface area contributed by atoms with Gasteiger partial charge in [-0.05, 0) is 42.5 Å². The van der Waals surface area contributed by atoms with Crippen LogP contribution in [0.2, 0.25) is 5.02 Å². The van der Waals surface area contributed by atoms with E-state index in [0.29, 0.717) is 30.0 Å². The summed E-state index contributed by atoms with van der Waals surface area (Å²) in [6.45, 7) is 6.37. The highest BCUT2D eigenvalue weighted by Gasteiger charge is 2.16. The minimum Gasteiger partial charge on any atom is -0.486 e. The minimum absolute atomic E-state index is 0.501. The van der Waals surface area contributed by atoms with Gasteiger partial charge in [-0.3, -0.25) is 0 Å². The van der Waals surface area contributed by atoms with E-state index in [1.54, 1.807) is 0 Å². The quantitative estimate of drug-likeness (QED) is 0.777. The Morgan fingerprint density at radius 1 is 1.35 bits per heavy atom. The number of benzene rings is 1. The zero-order valence-electron chi connectivity index (χ0n) is 12.1. The normalized spacial score (nSPS) is 15.2. The van der Waals surface area contributed by atoms with E-state index in [4.69, 9.17) is 21.1 Å². The van der Waals surface area contributed by atoms with Crippen molar-refractivity contribution in [2.24, 2.45) is 0 Å². The van der Waals surface area contributed by atoms with Gasteiger partial charge in [-0.25, -0.2) is 0 Å². The highest BCUT2D eigenvalue weighted by molar-refractivity contribution is 7.99. The zero-order chi connectivity index (χ0) is 14.4. The van der Waals surface area contributed by atoms with Crippen LogP contribution in [0.15, 0.2) is 12.1 Å². The monoisotopic (exact) mass is 315 g/mol. The number of halogens is 1. The average Bonchev–Trinajstić information content (AvgIpc) is 2.45. The molecular formula is C15H22ClNO2S. The summed E-state index contributed by atoms with van der Waals surface area (Å²) in [5, 5.41) is 4.16. The number of thioether (sulfide) groups is 1. The first-order valence-corrected chi connectivity index (χ1v) is 8.63. The second kappa shape index (κ2) is 8.01. The summed E-state index contributed by atoms with van der Waals surface area (Å²) in [6, 6.07) is 4.47. The molecule has 1 aromatic rings. The third kappa shape index (κ3) is 4.47. The summed E-state index contributed by atoms with van der Waals surface area (Å²) >= 11 is 8.21. The number of hydrogen-bond donors (Lipinski definition) is 1. The van der Waals surface area contributed by atoms with Crippen molar-refractivity contribution in [1.29, 1.82) is 0 Å². The molecule has 2 rings (SSSR count). The van der Waals surface area contributed by atoms with Crippen LogP contribution in [0, 0.1) is 0 Å². The molecule has 0 radical (unpaired) electrons. The van der Waals surface area contributed by atoms with Crippen molar-refractivity contribution in [3.63, 3.8) is 0 Å². The van der Waals surface area contributed by atoms with Crippen LogP contribution in [0.1, 0.15) is 25.8 Å². The predicted octanol–water partition coefficient (Wildman–Crippen LogP) is 3.73. The van der Waals surface area contributed by atoms with Crippen LogP contribution in [0.5, 0.6) is 11.5 Å². The van der Waals surface area contributed by atoms with Crippen LogP contribution in [-0.2, 0) is 6.54 Å². The van der Waals surface area contributed by atoms with Crippen molar-refractivity contribution in [2.45, 2.75) is 32.9 Å². The Morgan fingerprint density at radius 2 is 2.15 bits per heavy atom.